The summed E-state index contributed by atoms with van der Waals surface area (Å²) in [6, 6.07) is 9.80. The van der Waals surface area contributed by atoms with Crippen LogP contribution in [0, 0.1) is 13.8 Å². The van der Waals surface area contributed by atoms with Crippen molar-refractivity contribution in [2.45, 2.75) is 27.3 Å². The summed E-state index contributed by atoms with van der Waals surface area (Å²) in [6.45, 7) is 6.02. The molecule has 1 aromatic carbocycles. The molecule has 0 unspecified atom stereocenters. The Bertz CT molecular complexity index is 965. The average Bonchev–Trinajstić information content (AvgIpc) is 3.19. The summed E-state index contributed by atoms with van der Waals surface area (Å²) < 4.78 is 6.65. The van der Waals surface area contributed by atoms with Crippen LogP contribution < -0.4 is 5.32 Å². The smallest absolute Gasteiger partial charge is 0.350 e. The molecule has 3 rings (SSSR count). The van der Waals surface area contributed by atoms with Crippen molar-refractivity contribution >= 4 is 28.3 Å². The lowest BCUT2D eigenvalue weighted by atomic mass is 10.2. The van der Waals surface area contributed by atoms with E-state index >= 15 is 0 Å². The molecule has 1 amide bonds. The number of carbonyl (C=O) groups is 2. The number of hydrogen-bond acceptors (Lipinski definition) is 7. The molecule has 0 aliphatic rings. The van der Waals surface area contributed by atoms with Gasteiger partial charge in [0, 0.05) is 0 Å². The highest BCUT2D eigenvalue weighted by atomic mass is 32.1. The number of amides is 1. The first-order valence-corrected chi connectivity index (χ1v) is 9.21. The summed E-state index contributed by atoms with van der Waals surface area (Å²) in [7, 11) is 0. The van der Waals surface area contributed by atoms with Gasteiger partial charge >= 0.3 is 5.97 Å². The Labute approximate surface area is 160 Å². The number of esters is 1. The predicted octanol–water partition coefficient (Wildman–Crippen LogP) is 2.83. The van der Waals surface area contributed by atoms with Crippen molar-refractivity contribution in [3.8, 4) is 0 Å². The van der Waals surface area contributed by atoms with E-state index in [-0.39, 0.29) is 12.3 Å². The number of carbonyl (C=O) groups excluding carboxylic acids is 2. The highest BCUT2D eigenvalue weighted by molar-refractivity contribution is 7.17. The standard InChI is InChI=1S/C18H19N5O3S/c1-4-26-17(25)15-11(2)19-18(27-15)20-16(24)14-12(3)23(22-21-14)10-13-8-6-5-7-9-13/h5-9H,4,10H2,1-3H3,(H,19,20,24). The van der Waals surface area contributed by atoms with Crippen molar-refractivity contribution in [1.29, 1.82) is 0 Å². The summed E-state index contributed by atoms with van der Waals surface area (Å²) >= 11 is 1.07. The minimum atomic E-state index is -0.446. The lowest BCUT2D eigenvalue weighted by Crippen LogP contribution is -2.14. The second-order valence-electron chi connectivity index (χ2n) is 5.77. The molecule has 0 saturated carbocycles. The van der Waals surface area contributed by atoms with Crippen LogP contribution in [0.5, 0.6) is 0 Å². The molecule has 1 N–H and O–H groups in total. The van der Waals surface area contributed by atoms with Crippen LogP contribution >= 0.6 is 11.3 Å². The van der Waals surface area contributed by atoms with E-state index in [0.29, 0.717) is 27.9 Å². The first-order valence-electron chi connectivity index (χ1n) is 8.39. The Morgan fingerprint density at radius 2 is 1.96 bits per heavy atom. The summed E-state index contributed by atoms with van der Waals surface area (Å²) in [5.41, 5.74) is 2.44. The molecule has 0 atom stereocenters. The quantitative estimate of drug-likeness (QED) is 0.655. The number of ether oxygens (including phenoxy) is 1. The number of aryl methyl sites for hydroxylation is 1. The number of anilines is 1. The van der Waals surface area contributed by atoms with E-state index in [1.54, 1.807) is 25.5 Å². The molecule has 0 saturated heterocycles. The van der Waals surface area contributed by atoms with Gasteiger partial charge in [0.05, 0.1) is 24.5 Å². The van der Waals surface area contributed by atoms with Gasteiger partial charge in [-0.2, -0.15) is 0 Å². The van der Waals surface area contributed by atoms with E-state index in [1.165, 1.54) is 0 Å². The van der Waals surface area contributed by atoms with E-state index < -0.39 is 11.9 Å². The first kappa shape index (κ1) is 18.7. The van der Waals surface area contributed by atoms with Crippen LogP contribution in [0.4, 0.5) is 5.13 Å². The van der Waals surface area contributed by atoms with Crippen molar-refractivity contribution < 1.29 is 14.3 Å². The van der Waals surface area contributed by atoms with Crippen LogP contribution in [-0.2, 0) is 11.3 Å². The molecule has 0 aliphatic heterocycles. The van der Waals surface area contributed by atoms with Gasteiger partial charge in [-0.15, -0.1) is 5.10 Å². The number of thiazole rings is 1. The second-order valence-corrected chi connectivity index (χ2v) is 6.77. The maximum atomic E-state index is 12.5. The van der Waals surface area contributed by atoms with Crippen molar-refractivity contribution in [1.82, 2.24) is 20.0 Å². The molecule has 0 radical (unpaired) electrons. The van der Waals surface area contributed by atoms with Gasteiger partial charge in [0.2, 0.25) is 0 Å². The van der Waals surface area contributed by atoms with Gasteiger partial charge in [0.15, 0.2) is 10.8 Å². The minimum Gasteiger partial charge on any atom is -0.462 e. The Morgan fingerprint density at radius 1 is 1.22 bits per heavy atom. The van der Waals surface area contributed by atoms with Crippen molar-refractivity contribution in [3.05, 3.63) is 57.9 Å². The van der Waals surface area contributed by atoms with Gasteiger partial charge < -0.3 is 4.74 Å². The third-order valence-electron chi connectivity index (χ3n) is 3.85. The summed E-state index contributed by atoms with van der Waals surface area (Å²) in [5.74, 6) is -0.867. The fourth-order valence-electron chi connectivity index (χ4n) is 2.47. The van der Waals surface area contributed by atoms with Crippen LogP contribution in [-0.4, -0.2) is 38.5 Å². The number of rotatable bonds is 6. The molecule has 27 heavy (non-hydrogen) atoms. The van der Waals surface area contributed by atoms with Crippen LogP contribution in [0.25, 0.3) is 0 Å². The highest BCUT2D eigenvalue weighted by Crippen LogP contribution is 2.24. The van der Waals surface area contributed by atoms with Crippen molar-refractivity contribution in [2.75, 3.05) is 11.9 Å². The molecule has 0 bridgehead atoms. The van der Waals surface area contributed by atoms with Crippen molar-refractivity contribution in [2.24, 2.45) is 0 Å². The zero-order chi connectivity index (χ0) is 19.4. The third-order valence-corrected chi connectivity index (χ3v) is 4.90. The molecule has 8 nitrogen and oxygen atoms in total. The van der Waals surface area contributed by atoms with Crippen LogP contribution in [0.3, 0.4) is 0 Å². The van der Waals surface area contributed by atoms with Gasteiger partial charge in [-0.05, 0) is 26.3 Å². The van der Waals surface area contributed by atoms with Crippen LogP contribution in [0.1, 0.15) is 44.0 Å². The molecule has 3 aromatic rings. The zero-order valence-corrected chi connectivity index (χ0v) is 16.0. The summed E-state index contributed by atoms with van der Waals surface area (Å²) in [6.07, 6.45) is 0. The molecule has 2 heterocycles. The van der Waals surface area contributed by atoms with E-state index in [4.69, 9.17) is 4.74 Å². The van der Waals surface area contributed by atoms with Crippen LogP contribution in [0.2, 0.25) is 0 Å². The Morgan fingerprint density at radius 3 is 2.67 bits per heavy atom. The SMILES string of the molecule is CCOC(=O)c1sc(NC(=O)c2nnn(Cc3ccccc3)c2C)nc1C. The van der Waals surface area contributed by atoms with E-state index in [2.05, 4.69) is 20.6 Å². The Balaban J connectivity index is 1.74. The van der Waals surface area contributed by atoms with Gasteiger partial charge in [-0.25, -0.2) is 14.5 Å². The number of benzene rings is 1. The monoisotopic (exact) mass is 385 g/mol. The molecule has 140 valence electrons. The van der Waals surface area contributed by atoms with Crippen LogP contribution in [0.15, 0.2) is 30.3 Å². The average molecular weight is 385 g/mol. The van der Waals surface area contributed by atoms with E-state index in [0.717, 1.165) is 16.9 Å². The van der Waals surface area contributed by atoms with Gasteiger partial charge in [-0.1, -0.05) is 46.9 Å². The fraction of sp³-hybridized carbons (Fsp3) is 0.278. The number of nitrogens with zero attached hydrogens (tertiary/aromatic N) is 4. The topological polar surface area (TPSA) is 99.0 Å². The maximum Gasteiger partial charge on any atom is 0.350 e. The predicted molar refractivity (Wildman–Crippen MR) is 101 cm³/mol. The van der Waals surface area contributed by atoms with E-state index in [9.17, 15) is 9.59 Å². The highest BCUT2D eigenvalue weighted by Gasteiger charge is 2.21. The molecule has 0 fully saturated rings. The molecule has 0 aliphatic carbocycles. The molecule has 9 heteroatoms. The van der Waals surface area contributed by atoms with E-state index in [1.807, 2.05) is 30.3 Å². The largest absolute Gasteiger partial charge is 0.462 e. The summed E-state index contributed by atoms with van der Waals surface area (Å²) in [5, 5.41) is 11.0. The number of aromatic nitrogens is 4. The van der Waals surface area contributed by atoms with Gasteiger partial charge in [0.1, 0.15) is 4.88 Å². The first-order chi connectivity index (χ1) is 13.0. The molecule has 0 spiro atoms. The number of nitrogens with one attached hydrogen (secondary N) is 1. The summed E-state index contributed by atoms with van der Waals surface area (Å²) in [4.78, 5) is 29.0. The van der Waals surface area contributed by atoms with Gasteiger partial charge in [0.25, 0.3) is 5.91 Å². The zero-order valence-electron chi connectivity index (χ0n) is 15.2. The third kappa shape index (κ3) is 4.20. The molecule has 2 aromatic heterocycles. The van der Waals surface area contributed by atoms with Crippen molar-refractivity contribution in [3.63, 3.8) is 0 Å². The molecular formula is C18H19N5O3S. The lowest BCUT2D eigenvalue weighted by Gasteiger charge is -2.04. The maximum absolute atomic E-state index is 12.5. The Kier molecular flexibility index (Phi) is 5.60. The minimum absolute atomic E-state index is 0.219. The fourth-order valence-corrected chi connectivity index (χ4v) is 3.32. The Hall–Kier alpha value is -3.07. The second kappa shape index (κ2) is 8.09. The molecular weight excluding hydrogens is 366 g/mol. The lowest BCUT2D eigenvalue weighted by molar-refractivity contribution is 0.0531. The number of hydrogen-bond donors (Lipinski definition) is 1. The normalized spacial score (nSPS) is 10.6. The van der Waals surface area contributed by atoms with Gasteiger partial charge in [-0.3, -0.25) is 10.1 Å².